The van der Waals surface area contributed by atoms with Crippen LogP contribution in [-0.2, 0) is 14.3 Å². The summed E-state index contributed by atoms with van der Waals surface area (Å²) < 4.78 is 50.8. The number of carbonyl (C=O) groups is 1. The molecule has 0 aliphatic carbocycles. The fraction of sp³-hybridized carbons (Fsp3) is 0.417. The van der Waals surface area contributed by atoms with Crippen LogP contribution in [0, 0.1) is 0 Å². The number of amides is 1. The van der Waals surface area contributed by atoms with Crippen LogP contribution in [0.1, 0.15) is 0 Å². The Morgan fingerprint density at radius 3 is 2.67 bits per heavy atom. The monoisotopic (exact) mass is 371 g/mol. The molecule has 1 N–H and O–H groups in total. The summed E-state index contributed by atoms with van der Waals surface area (Å²) in [7, 11) is 1.48. The normalized spacial score (nSPS) is 11.3. The number of methoxy groups -OCH3 is 1. The Morgan fingerprint density at radius 2 is 2.05 bits per heavy atom. The lowest BCUT2D eigenvalue weighted by molar-refractivity contribution is -0.274. The van der Waals surface area contributed by atoms with E-state index in [0.29, 0.717) is 11.1 Å². The highest BCUT2D eigenvalue weighted by Crippen LogP contribution is 2.32. The molecule has 0 bridgehead atoms. The largest absolute Gasteiger partial charge is 0.573 e. The van der Waals surface area contributed by atoms with Crippen molar-refractivity contribution in [2.75, 3.05) is 32.2 Å². The van der Waals surface area contributed by atoms with Crippen LogP contribution >= 0.6 is 15.9 Å². The summed E-state index contributed by atoms with van der Waals surface area (Å²) >= 11 is 3.03. The molecular formula is C12H13BrF3NO4. The van der Waals surface area contributed by atoms with E-state index in [9.17, 15) is 18.0 Å². The van der Waals surface area contributed by atoms with Crippen LogP contribution in [0.3, 0.4) is 0 Å². The highest BCUT2D eigenvalue weighted by Gasteiger charge is 2.32. The van der Waals surface area contributed by atoms with E-state index in [0.717, 1.165) is 6.07 Å². The molecule has 0 fully saturated rings. The fourth-order valence-electron chi connectivity index (χ4n) is 1.30. The Hall–Kier alpha value is -1.32. The van der Waals surface area contributed by atoms with Crippen molar-refractivity contribution in [1.29, 1.82) is 0 Å². The molecule has 9 heteroatoms. The first-order valence-electron chi connectivity index (χ1n) is 5.73. The van der Waals surface area contributed by atoms with Crippen molar-refractivity contribution >= 4 is 27.5 Å². The van der Waals surface area contributed by atoms with Gasteiger partial charge in [0.2, 0.25) is 5.91 Å². The molecule has 1 amide bonds. The van der Waals surface area contributed by atoms with Gasteiger partial charge in [0, 0.05) is 11.6 Å². The topological polar surface area (TPSA) is 56.8 Å². The van der Waals surface area contributed by atoms with Gasteiger partial charge in [-0.3, -0.25) is 4.79 Å². The molecule has 0 heterocycles. The number of hydrogen-bond acceptors (Lipinski definition) is 4. The number of carbonyl (C=O) groups excluding carboxylic acids is 1. The van der Waals surface area contributed by atoms with E-state index in [4.69, 9.17) is 9.47 Å². The van der Waals surface area contributed by atoms with Gasteiger partial charge in [0.1, 0.15) is 6.61 Å². The number of nitrogens with one attached hydrogen (secondary N) is 1. The highest BCUT2D eigenvalue weighted by molar-refractivity contribution is 9.10. The minimum Gasteiger partial charge on any atom is -0.404 e. The van der Waals surface area contributed by atoms with Crippen LogP contribution in [0.15, 0.2) is 22.7 Å². The molecule has 0 aromatic heterocycles. The lowest BCUT2D eigenvalue weighted by atomic mass is 10.3. The molecule has 0 aliphatic rings. The zero-order valence-electron chi connectivity index (χ0n) is 11.0. The van der Waals surface area contributed by atoms with Gasteiger partial charge in [-0.15, -0.1) is 13.2 Å². The Labute approximate surface area is 127 Å². The second-order valence-electron chi connectivity index (χ2n) is 3.78. The Kier molecular flexibility index (Phi) is 6.93. The summed E-state index contributed by atoms with van der Waals surface area (Å²) in [6.45, 7) is 0.217. The van der Waals surface area contributed by atoms with Crippen LogP contribution < -0.4 is 10.1 Å². The van der Waals surface area contributed by atoms with Crippen LogP contribution in [0.2, 0.25) is 0 Å². The van der Waals surface area contributed by atoms with Crippen molar-refractivity contribution in [1.82, 2.24) is 0 Å². The third-order valence-corrected chi connectivity index (χ3v) is 2.60. The Balaban J connectivity index is 2.67. The second kappa shape index (κ2) is 8.20. The lowest BCUT2D eigenvalue weighted by Gasteiger charge is -2.14. The SMILES string of the molecule is COCCOCC(=O)Nc1ccc(Br)cc1OC(F)(F)F. The molecule has 21 heavy (non-hydrogen) atoms. The van der Waals surface area contributed by atoms with E-state index >= 15 is 0 Å². The van der Waals surface area contributed by atoms with Crippen LogP contribution in [0.5, 0.6) is 5.75 Å². The van der Waals surface area contributed by atoms with Gasteiger partial charge in [-0.2, -0.15) is 0 Å². The van der Waals surface area contributed by atoms with Crippen molar-refractivity contribution in [2.45, 2.75) is 6.36 Å². The maximum absolute atomic E-state index is 12.3. The van der Waals surface area contributed by atoms with Crippen molar-refractivity contribution in [3.8, 4) is 5.75 Å². The number of alkyl halides is 3. The first kappa shape index (κ1) is 17.7. The second-order valence-corrected chi connectivity index (χ2v) is 4.70. The van der Waals surface area contributed by atoms with Crippen molar-refractivity contribution in [3.05, 3.63) is 22.7 Å². The highest BCUT2D eigenvalue weighted by atomic mass is 79.9. The molecule has 0 atom stereocenters. The minimum atomic E-state index is -4.85. The molecule has 5 nitrogen and oxygen atoms in total. The summed E-state index contributed by atoms with van der Waals surface area (Å²) in [4.78, 5) is 11.6. The van der Waals surface area contributed by atoms with Gasteiger partial charge in [0.25, 0.3) is 0 Å². The molecular weight excluding hydrogens is 359 g/mol. The molecule has 0 unspecified atom stereocenters. The number of benzene rings is 1. The lowest BCUT2D eigenvalue weighted by Crippen LogP contribution is -2.22. The molecule has 1 aromatic carbocycles. The van der Waals surface area contributed by atoms with E-state index in [1.54, 1.807) is 0 Å². The standard InChI is InChI=1S/C12H13BrF3NO4/c1-19-4-5-20-7-11(18)17-9-3-2-8(13)6-10(9)21-12(14,15)16/h2-3,6H,4-5,7H2,1H3,(H,17,18). The van der Waals surface area contributed by atoms with Gasteiger partial charge < -0.3 is 19.5 Å². The summed E-state index contributed by atoms with van der Waals surface area (Å²) in [6, 6.07) is 3.87. The Bertz CT molecular complexity index is 482. The van der Waals surface area contributed by atoms with E-state index in [1.165, 1.54) is 19.2 Å². The summed E-state index contributed by atoms with van der Waals surface area (Å²) in [6.07, 6.45) is -4.85. The molecule has 0 radical (unpaired) electrons. The number of ether oxygens (including phenoxy) is 3. The first-order valence-corrected chi connectivity index (χ1v) is 6.53. The maximum Gasteiger partial charge on any atom is 0.573 e. The predicted octanol–water partition coefficient (Wildman–Crippen LogP) is 2.95. The molecule has 1 rings (SSSR count). The van der Waals surface area contributed by atoms with Crippen LogP contribution in [0.4, 0.5) is 18.9 Å². The zero-order chi connectivity index (χ0) is 15.9. The van der Waals surface area contributed by atoms with Crippen molar-refractivity contribution in [2.24, 2.45) is 0 Å². The molecule has 0 aliphatic heterocycles. The van der Waals surface area contributed by atoms with Crippen LogP contribution in [-0.4, -0.2) is 39.2 Å². The molecule has 0 saturated carbocycles. The number of hydrogen-bond donors (Lipinski definition) is 1. The number of rotatable bonds is 7. The zero-order valence-corrected chi connectivity index (χ0v) is 12.6. The van der Waals surface area contributed by atoms with Gasteiger partial charge in [0.05, 0.1) is 18.9 Å². The minimum absolute atomic E-state index is 0.101. The van der Waals surface area contributed by atoms with E-state index in [1.807, 2.05) is 0 Å². The Morgan fingerprint density at radius 1 is 1.33 bits per heavy atom. The first-order chi connectivity index (χ1) is 9.81. The van der Waals surface area contributed by atoms with E-state index in [-0.39, 0.29) is 18.9 Å². The van der Waals surface area contributed by atoms with Crippen molar-refractivity contribution in [3.63, 3.8) is 0 Å². The summed E-state index contributed by atoms with van der Waals surface area (Å²) in [5, 5.41) is 2.29. The van der Waals surface area contributed by atoms with Crippen LogP contribution in [0.25, 0.3) is 0 Å². The molecule has 0 spiro atoms. The predicted molar refractivity (Wildman–Crippen MR) is 72.1 cm³/mol. The molecule has 0 saturated heterocycles. The van der Waals surface area contributed by atoms with Crippen molar-refractivity contribution < 1.29 is 32.2 Å². The quantitative estimate of drug-likeness (QED) is 0.748. The van der Waals surface area contributed by atoms with E-state index < -0.39 is 18.0 Å². The number of anilines is 1. The van der Waals surface area contributed by atoms with Gasteiger partial charge in [0.15, 0.2) is 5.75 Å². The van der Waals surface area contributed by atoms with Gasteiger partial charge >= 0.3 is 6.36 Å². The summed E-state index contributed by atoms with van der Waals surface area (Å²) in [5.41, 5.74) is -0.101. The number of halogens is 4. The van der Waals surface area contributed by atoms with Gasteiger partial charge in [-0.1, -0.05) is 15.9 Å². The average Bonchev–Trinajstić information content (AvgIpc) is 2.36. The molecule has 118 valence electrons. The summed E-state index contributed by atoms with van der Waals surface area (Å²) in [5.74, 6) is -1.11. The van der Waals surface area contributed by atoms with Gasteiger partial charge in [-0.25, -0.2) is 0 Å². The van der Waals surface area contributed by atoms with E-state index in [2.05, 4.69) is 26.0 Å². The third-order valence-electron chi connectivity index (χ3n) is 2.11. The average molecular weight is 372 g/mol. The third kappa shape index (κ3) is 7.30. The molecule has 1 aromatic rings. The fourth-order valence-corrected chi connectivity index (χ4v) is 1.64. The smallest absolute Gasteiger partial charge is 0.404 e. The maximum atomic E-state index is 12.3. The van der Waals surface area contributed by atoms with Gasteiger partial charge in [-0.05, 0) is 18.2 Å².